The van der Waals surface area contributed by atoms with E-state index in [0.29, 0.717) is 42.1 Å². The van der Waals surface area contributed by atoms with Crippen LogP contribution in [0.5, 0.6) is 23.0 Å². The van der Waals surface area contributed by atoms with E-state index < -0.39 is 5.97 Å². The second-order valence-corrected chi connectivity index (χ2v) is 11.7. The molecule has 3 atom stereocenters. The van der Waals surface area contributed by atoms with Crippen molar-refractivity contribution in [3.8, 4) is 23.0 Å². The molecule has 1 saturated carbocycles. The number of carbonyl (C=O) groups is 2. The fourth-order valence-electron chi connectivity index (χ4n) is 5.39. The Bertz CT molecular complexity index is 1270. The van der Waals surface area contributed by atoms with E-state index in [1.807, 2.05) is 36.4 Å². The molecule has 3 rings (SSSR count). The van der Waals surface area contributed by atoms with Crippen molar-refractivity contribution in [1.29, 1.82) is 0 Å². The van der Waals surface area contributed by atoms with Crippen LogP contribution in [-0.4, -0.2) is 64.9 Å². The monoisotopic (exact) mass is 642 g/mol. The van der Waals surface area contributed by atoms with Crippen LogP contribution in [0.25, 0.3) is 12.2 Å². The Morgan fingerprint density at radius 2 is 1.31 bits per heavy atom. The molecule has 0 amide bonds. The molecule has 0 N–H and O–H groups in total. The Morgan fingerprint density at radius 1 is 0.756 bits per heavy atom. The van der Waals surface area contributed by atoms with Gasteiger partial charge in [0.2, 0.25) is 0 Å². The molecule has 246 valence electrons. The lowest BCUT2D eigenvalue weighted by molar-refractivity contribution is -0.134. The number of alkyl halides is 1. The number of carbonyl (C=O) groups excluding carboxylic acids is 2. The first-order valence-electron chi connectivity index (χ1n) is 15.6. The molecule has 0 aliphatic heterocycles. The molecular formula is C36H47ClO8. The van der Waals surface area contributed by atoms with Crippen LogP contribution in [0.2, 0.25) is 0 Å². The number of hydrogen-bond donors (Lipinski definition) is 0. The molecule has 0 aromatic heterocycles. The zero-order valence-electron chi connectivity index (χ0n) is 26.9. The Labute approximate surface area is 272 Å². The van der Waals surface area contributed by atoms with Crippen molar-refractivity contribution in [1.82, 2.24) is 0 Å². The summed E-state index contributed by atoms with van der Waals surface area (Å²) in [6.45, 7) is 3.29. The van der Waals surface area contributed by atoms with Gasteiger partial charge in [0.1, 0.15) is 0 Å². The van der Waals surface area contributed by atoms with Crippen LogP contribution < -0.4 is 18.9 Å². The molecule has 9 heteroatoms. The fourth-order valence-corrected chi connectivity index (χ4v) is 5.58. The lowest BCUT2D eigenvalue weighted by Gasteiger charge is -2.35. The highest BCUT2D eigenvalue weighted by atomic mass is 35.5. The van der Waals surface area contributed by atoms with Crippen LogP contribution in [0.15, 0.2) is 48.6 Å². The molecule has 2 aromatic carbocycles. The summed E-state index contributed by atoms with van der Waals surface area (Å²) in [5.41, 5.74) is 1.67. The number of halogens is 1. The summed E-state index contributed by atoms with van der Waals surface area (Å²) in [6, 6.07) is 11.2. The summed E-state index contributed by atoms with van der Waals surface area (Å²) in [6.07, 6.45) is 13.5. The van der Waals surface area contributed by atoms with Crippen molar-refractivity contribution in [3.05, 3.63) is 59.7 Å². The van der Waals surface area contributed by atoms with E-state index >= 15 is 0 Å². The van der Waals surface area contributed by atoms with Gasteiger partial charge < -0.3 is 28.4 Å². The Balaban J connectivity index is 1.65. The first-order chi connectivity index (χ1) is 21.8. The molecule has 0 bridgehead atoms. The summed E-state index contributed by atoms with van der Waals surface area (Å²) in [7, 11) is 4.56. The van der Waals surface area contributed by atoms with Gasteiger partial charge in [0.15, 0.2) is 28.8 Å². The number of methoxy groups -OCH3 is 3. The van der Waals surface area contributed by atoms with Crippen LogP contribution in [0.1, 0.15) is 63.0 Å². The largest absolute Gasteiger partial charge is 0.493 e. The van der Waals surface area contributed by atoms with E-state index in [4.69, 9.17) is 35.3 Å². The smallest absolute Gasteiger partial charge is 0.330 e. The third-order valence-electron chi connectivity index (χ3n) is 7.69. The van der Waals surface area contributed by atoms with Gasteiger partial charge in [-0.05, 0) is 98.4 Å². The van der Waals surface area contributed by atoms with E-state index in [1.165, 1.54) is 26.2 Å². The summed E-state index contributed by atoms with van der Waals surface area (Å²) in [4.78, 5) is 22.8. The zero-order valence-corrected chi connectivity index (χ0v) is 27.7. The average Bonchev–Trinajstić information content (AvgIpc) is 3.06. The van der Waals surface area contributed by atoms with Crippen molar-refractivity contribution < 1.29 is 38.0 Å². The first kappa shape index (κ1) is 36.0. The van der Waals surface area contributed by atoms with Crippen LogP contribution in [0.4, 0.5) is 0 Å². The average molecular weight is 643 g/mol. The highest BCUT2D eigenvalue weighted by Gasteiger charge is 2.31. The van der Waals surface area contributed by atoms with Crippen LogP contribution >= 0.6 is 11.6 Å². The van der Waals surface area contributed by atoms with Crippen LogP contribution in [0.3, 0.4) is 0 Å². The van der Waals surface area contributed by atoms with Gasteiger partial charge >= 0.3 is 5.97 Å². The predicted molar refractivity (Wildman–Crippen MR) is 178 cm³/mol. The normalized spacial score (nSPS) is 18.2. The van der Waals surface area contributed by atoms with Gasteiger partial charge in [-0.2, -0.15) is 0 Å². The Kier molecular flexibility index (Phi) is 15.8. The predicted octanol–water partition coefficient (Wildman–Crippen LogP) is 7.55. The van der Waals surface area contributed by atoms with Gasteiger partial charge in [0, 0.05) is 18.6 Å². The van der Waals surface area contributed by atoms with E-state index in [0.717, 1.165) is 62.7 Å². The van der Waals surface area contributed by atoms with Crippen molar-refractivity contribution in [2.45, 2.75) is 58.0 Å². The maximum atomic E-state index is 11.5. The molecular weight excluding hydrogens is 596 g/mol. The number of esters is 1. The SMILES string of the molecule is COC(=O)C=Cc1ccc(OCC2CC(COc3ccc(C=CC(C)=O)cc3OC)CC(OCCCCCCCl)C2)c(OC)c1. The lowest BCUT2D eigenvalue weighted by Crippen LogP contribution is -2.34. The van der Waals surface area contributed by atoms with Crippen molar-refractivity contribution >= 4 is 35.5 Å². The minimum atomic E-state index is -0.422. The summed E-state index contributed by atoms with van der Waals surface area (Å²) in [5, 5.41) is 0. The molecule has 2 aromatic rings. The number of allylic oxidation sites excluding steroid dienone is 1. The van der Waals surface area contributed by atoms with Gasteiger partial charge in [-0.25, -0.2) is 4.79 Å². The summed E-state index contributed by atoms with van der Waals surface area (Å²) in [5.74, 6) is 3.32. The van der Waals surface area contributed by atoms with E-state index in [-0.39, 0.29) is 23.7 Å². The van der Waals surface area contributed by atoms with Gasteiger partial charge in [0.05, 0.1) is 40.6 Å². The number of ether oxygens (including phenoxy) is 6. The minimum absolute atomic E-state index is 0.0135. The number of ketones is 1. The Morgan fingerprint density at radius 3 is 1.82 bits per heavy atom. The molecule has 0 radical (unpaired) electrons. The summed E-state index contributed by atoms with van der Waals surface area (Å²) >= 11 is 5.82. The standard InChI is InChI=1S/C36H47ClO8/c1-26(38)9-10-27-11-14-32(34(22-27)40-2)44-24-29-19-30(21-31(20-29)43-18-8-6-5-7-17-37)25-45-33-15-12-28(23-35(33)41-3)13-16-36(39)42-4/h9-16,22-23,29-31H,5-8,17-21,24-25H2,1-4H3. The van der Waals surface area contributed by atoms with E-state index in [1.54, 1.807) is 26.4 Å². The van der Waals surface area contributed by atoms with Crippen LogP contribution in [-0.2, 0) is 19.1 Å². The highest BCUT2D eigenvalue weighted by molar-refractivity contribution is 6.17. The van der Waals surface area contributed by atoms with E-state index in [9.17, 15) is 9.59 Å². The second-order valence-electron chi connectivity index (χ2n) is 11.3. The molecule has 1 aliphatic rings. The number of benzene rings is 2. The minimum Gasteiger partial charge on any atom is -0.493 e. The molecule has 45 heavy (non-hydrogen) atoms. The quantitative estimate of drug-likeness (QED) is 0.0672. The molecule has 0 saturated heterocycles. The molecule has 0 spiro atoms. The number of rotatable bonds is 19. The fraction of sp³-hybridized carbons (Fsp3) is 0.500. The number of hydrogen-bond acceptors (Lipinski definition) is 8. The molecule has 0 heterocycles. The molecule has 1 aliphatic carbocycles. The van der Waals surface area contributed by atoms with Crippen molar-refractivity contribution in [2.24, 2.45) is 11.8 Å². The summed E-state index contributed by atoms with van der Waals surface area (Å²) < 4.78 is 34.8. The number of unbranched alkanes of at least 4 members (excludes halogenated alkanes) is 3. The van der Waals surface area contributed by atoms with Gasteiger partial charge in [-0.3, -0.25) is 4.79 Å². The van der Waals surface area contributed by atoms with Crippen molar-refractivity contribution in [2.75, 3.05) is 47.0 Å². The molecule has 8 nitrogen and oxygen atoms in total. The van der Waals surface area contributed by atoms with Crippen molar-refractivity contribution in [3.63, 3.8) is 0 Å². The highest BCUT2D eigenvalue weighted by Crippen LogP contribution is 2.36. The first-order valence-corrected chi connectivity index (χ1v) is 16.1. The Hall–Kier alpha value is -3.49. The van der Waals surface area contributed by atoms with Gasteiger partial charge in [0.25, 0.3) is 0 Å². The molecule has 3 unspecified atom stereocenters. The molecule has 1 fully saturated rings. The maximum Gasteiger partial charge on any atom is 0.330 e. The third-order valence-corrected chi connectivity index (χ3v) is 7.96. The van der Waals surface area contributed by atoms with Gasteiger partial charge in [-0.1, -0.05) is 31.1 Å². The van der Waals surface area contributed by atoms with Crippen LogP contribution in [0, 0.1) is 11.8 Å². The maximum absolute atomic E-state index is 11.5. The van der Waals surface area contributed by atoms with Gasteiger partial charge in [-0.15, -0.1) is 11.6 Å². The van der Waals surface area contributed by atoms with E-state index in [2.05, 4.69) is 4.74 Å². The lowest BCUT2D eigenvalue weighted by atomic mass is 9.80. The zero-order chi connectivity index (χ0) is 32.4. The topological polar surface area (TPSA) is 89.5 Å². The second kappa shape index (κ2) is 19.8. The third kappa shape index (κ3) is 12.8.